The average Bonchev–Trinajstić information content (AvgIpc) is 3.00. The van der Waals surface area contributed by atoms with Crippen LogP contribution in [0.5, 0.6) is 0 Å². The lowest BCUT2D eigenvalue weighted by molar-refractivity contribution is -0.145. The molecule has 1 atom stereocenters. The van der Waals surface area contributed by atoms with Gasteiger partial charge in [-0.05, 0) is 39.3 Å². The van der Waals surface area contributed by atoms with E-state index in [-0.39, 0.29) is 0 Å². The predicted molar refractivity (Wildman–Crippen MR) is 64.6 cm³/mol. The molecule has 94 valence electrons. The number of likely N-dealkylation sites (N-methyl/N-ethyl adjacent to an activating group) is 1. The maximum Gasteiger partial charge on any atom is 0.324 e. The van der Waals surface area contributed by atoms with Crippen LogP contribution in [0.2, 0.25) is 0 Å². The number of carbonyl (C=O) groups is 1. The molecular weight excluding hydrogens is 204 g/mol. The van der Waals surface area contributed by atoms with Gasteiger partial charge in [0.15, 0.2) is 0 Å². The highest BCUT2D eigenvalue weighted by molar-refractivity contribution is 5.78. The van der Waals surface area contributed by atoms with Crippen molar-refractivity contribution in [3.63, 3.8) is 0 Å². The molecule has 1 rings (SSSR count). The summed E-state index contributed by atoms with van der Waals surface area (Å²) in [6, 6.07) is 0.418. The fourth-order valence-corrected chi connectivity index (χ4v) is 1.97. The fourth-order valence-electron chi connectivity index (χ4n) is 1.97. The summed E-state index contributed by atoms with van der Waals surface area (Å²) in [7, 11) is 0. The van der Waals surface area contributed by atoms with Crippen LogP contribution in [0.25, 0.3) is 0 Å². The second-order valence-electron chi connectivity index (χ2n) is 4.92. The number of aliphatic carboxylic acids is 1. The summed E-state index contributed by atoms with van der Waals surface area (Å²) in [4.78, 5) is 13.5. The maximum absolute atomic E-state index is 11.4. The Kier molecular flexibility index (Phi) is 4.74. The summed E-state index contributed by atoms with van der Waals surface area (Å²) in [6.45, 7) is 8.45. The van der Waals surface area contributed by atoms with E-state index in [4.69, 9.17) is 0 Å². The van der Waals surface area contributed by atoms with Gasteiger partial charge in [0.05, 0.1) is 0 Å². The Bertz CT molecular complexity index is 241. The highest BCUT2D eigenvalue weighted by Gasteiger charge is 2.39. The SMILES string of the molecule is CCCN(CC)CC(C)(NC1CC1)C(=O)O. The third-order valence-corrected chi connectivity index (χ3v) is 3.10. The van der Waals surface area contributed by atoms with E-state index in [1.54, 1.807) is 6.92 Å². The molecule has 1 aliphatic carbocycles. The second kappa shape index (κ2) is 5.64. The Labute approximate surface area is 98.0 Å². The van der Waals surface area contributed by atoms with E-state index in [9.17, 15) is 9.90 Å². The van der Waals surface area contributed by atoms with Crippen LogP contribution in [0, 0.1) is 0 Å². The first-order valence-corrected chi connectivity index (χ1v) is 6.25. The number of carboxylic acids is 1. The number of hydrogen-bond donors (Lipinski definition) is 2. The van der Waals surface area contributed by atoms with Crippen molar-refractivity contribution in [2.45, 2.75) is 51.6 Å². The van der Waals surface area contributed by atoms with E-state index in [1.807, 2.05) is 0 Å². The number of nitrogens with zero attached hydrogens (tertiary/aromatic N) is 1. The van der Waals surface area contributed by atoms with E-state index in [0.717, 1.165) is 32.4 Å². The summed E-state index contributed by atoms with van der Waals surface area (Å²) in [6.07, 6.45) is 3.29. The lowest BCUT2D eigenvalue weighted by Gasteiger charge is -2.32. The van der Waals surface area contributed by atoms with Gasteiger partial charge in [-0.1, -0.05) is 13.8 Å². The molecule has 0 aromatic rings. The normalized spacial score (nSPS) is 19.8. The molecule has 0 spiro atoms. The molecule has 0 amide bonds. The van der Waals surface area contributed by atoms with Gasteiger partial charge >= 0.3 is 5.97 Å². The molecule has 0 aromatic carbocycles. The molecule has 0 radical (unpaired) electrons. The molecule has 1 unspecified atom stereocenters. The van der Waals surface area contributed by atoms with Crippen molar-refractivity contribution in [2.75, 3.05) is 19.6 Å². The Morgan fingerprint density at radius 2 is 2.12 bits per heavy atom. The minimum atomic E-state index is -0.799. The average molecular weight is 228 g/mol. The maximum atomic E-state index is 11.4. The Morgan fingerprint density at radius 3 is 2.50 bits per heavy atom. The topological polar surface area (TPSA) is 52.6 Å². The zero-order valence-corrected chi connectivity index (χ0v) is 10.6. The molecule has 1 aliphatic rings. The van der Waals surface area contributed by atoms with Gasteiger partial charge in [0.2, 0.25) is 0 Å². The van der Waals surface area contributed by atoms with E-state index in [1.165, 1.54) is 0 Å². The van der Waals surface area contributed by atoms with E-state index < -0.39 is 11.5 Å². The minimum absolute atomic E-state index is 0.418. The summed E-state index contributed by atoms with van der Waals surface area (Å²) >= 11 is 0. The highest BCUT2D eigenvalue weighted by Crippen LogP contribution is 2.23. The van der Waals surface area contributed by atoms with Crippen LogP contribution in [0.4, 0.5) is 0 Å². The summed E-state index contributed by atoms with van der Waals surface area (Å²) in [5.41, 5.74) is -0.799. The van der Waals surface area contributed by atoms with Crippen LogP contribution in [-0.4, -0.2) is 47.2 Å². The van der Waals surface area contributed by atoms with Crippen LogP contribution in [-0.2, 0) is 4.79 Å². The zero-order chi connectivity index (χ0) is 12.2. The van der Waals surface area contributed by atoms with E-state index >= 15 is 0 Å². The molecule has 4 heteroatoms. The molecule has 0 heterocycles. The Morgan fingerprint density at radius 1 is 1.50 bits per heavy atom. The van der Waals surface area contributed by atoms with Gasteiger partial charge in [0.25, 0.3) is 0 Å². The quantitative estimate of drug-likeness (QED) is 0.658. The first-order valence-electron chi connectivity index (χ1n) is 6.25. The van der Waals surface area contributed by atoms with Gasteiger partial charge < -0.3 is 10.0 Å². The van der Waals surface area contributed by atoms with Crippen LogP contribution in [0.15, 0.2) is 0 Å². The molecule has 1 saturated carbocycles. The molecule has 2 N–H and O–H groups in total. The van der Waals surface area contributed by atoms with Crippen LogP contribution in [0.3, 0.4) is 0 Å². The first kappa shape index (κ1) is 13.5. The van der Waals surface area contributed by atoms with Crippen molar-refractivity contribution < 1.29 is 9.90 Å². The summed E-state index contributed by atoms with van der Waals surface area (Å²) in [5.74, 6) is -0.742. The Balaban J connectivity index is 2.56. The Hall–Kier alpha value is -0.610. The van der Waals surface area contributed by atoms with Gasteiger partial charge in [-0.25, -0.2) is 0 Å². The number of carboxylic acid groups (broad SMARTS) is 1. The van der Waals surface area contributed by atoms with E-state index in [0.29, 0.717) is 12.6 Å². The van der Waals surface area contributed by atoms with Gasteiger partial charge in [0, 0.05) is 12.6 Å². The molecule has 0 aromatic heterocycles. The second-order valence-corrected chi connectivity index (χ2v) is 4.92. The molecule has 16 heavy (non-hydrogen) atoms. The summed E-state index contributed by atoms with van der Waals surface area (Å²) in [5, 5.41) is 12.6. The number of nitrogens with one attached hydrogen (secondary N) is 1. The van der Waals surface area contributed by atoms with Crippen molar-refractivity contribution in [1.82, 2.24) is 10.2 Å². The number of rotatable bonds is 8. The minimum Gasteiger partial charge on any atom is -0.480 e. The third-order valence-electron chi connectivity index (χ3n) is 3.10. The fraction of sp³-hybridized carbons (Fsp3) is 0.917. The number of hydrogen-bond acceptors (Lipinski definition) is 3. The van der Waals surface area contributed by atoms with Crippen molar-refractivity contribution in [1.29, 1.82) is 0 Å². The molecule has 1 fully saturated rings. The van der Waals surface area contributed by atoms with Crippen LogP contribution >= 0.6 is 0 Å². The van der Waals surface area contributed by atoms with Gasteiger partial charge in [-0.3, -0.25) is 10.1 Å². The lowest BCUT2D eigenvalue weighted by atomic mass is 10.0. The van der Waals surface area contributed by atoms with E-state index in [2.05, 4.69) is 24.1 Å². The zero-order valence-electron chi connectivity index (χ0n) is 10.6. The molecule has 0 saturated heterocycles. The van der Waals surface area contributed by atoms with Crippen LogP contribution < -0.4 is 5.32 Å². The molecule has 0 aliphatic heterocycles. The molecular formula is C12H24N2O2. The van der Waals surface area contributed by atoms with Gasteiger partial charge in [-0.2, -0.15) is 0 Å². The van der Waals surface area contributed by atoms with Crippen molar-refractivity contribution >= 4 is 5.97 Å². The third kappa shape index (κ3) is 3.76. The van der Waals surface area contributed by atoms with Gasteiger partial charge in [-0.15, -0.1) is 0 Å². The first-order chi connectivity index (χ1) is 7.51. The van der Waals surface area contributed by atoms with Crippen LogP contribution in [0.1, 0.15) is 40.0 Å². The largest absolute Gasteiger partial charge is 0.480 e. The standard InChI is InChI=1S/C12H24N2O2/c1-4-8-14(5-2)9-12(3,11(15)16)13-10-6-7-10/h10,13H,4-9H2,1-3H3,(H,15,16). The van der Waals surface area contributed by atoms with Crippen molar-refractivity contribution in [3.8, 4) is 0 Å². The van der Waals surface area contributed by atoms with Crippen molar-refractivity contribution in [3.05, 3.63) is 0 Å². The predicted octanol–water partition coefficient (Wildman–Crippen LogP) is 1.31. The molecule has 0 bridgehead atoms. The monoisotopic (exact) mass is 228 g/mol. The lowest BCUT2D eigenvalue weighted by Crippen LogP contribution is -2.57. The smallest absolute Gasteiger partial charge is 0.324 e. The molecule has 4 nitrogen and oxygen atoms in total. The highest BCUT2D eigenvalue weighted by atomic mass is 16.4. The van der Waals surface area contributed by atoms with Crippen molar-refractivity contribution in [2.24, 2.45) is 0 Å². The van der Waals surface area contributed by atoms with Gasteiger partial charge in [0.1, 0.15) is 5.54 Å². The summed E-state index contributed by atoms with van der Waals surface area (Å²) < 4.78 is 0.